The lowest BCUT2D eigenvalue weighted by atomic mass is 9.89. The lowest BCUT2D eigenvalue weighted by Crippen LogP contribution is -2.30. The predicted molar refractivity (Wildman–Crippen MR) is 81.3 cm³/mol. The third-order valence-electron chi connectivity index (χ3n) is 3.80. The molecule has 1 heterocycles. The Bertz CT molecular complexity index is 687. The van der Waals surface area contributed by atoms with Crippen LogP contribution in [0.5, 0.6) is 17.2 Å². The highest BCUT2D eigenvalue weighted by molar-refractivity contribution is 6.32. The Hall–Kier alpha value is -1.91. The SMILES string of the molecule is COc1ccc(C2NCCc3cc(O)c(O)cc32)cc1Cl. The maximum absolute atomic E-state index is 9.75. The molecule has 0 radical (unpaired) electrons. The van der Waals surface area contributed by atoms with Crippen molar-refractivity contribution in [3.05, 3.63) is 52.0 Å². The lowest BCUT2D eigenvalue weighted by molar-refractivity contribution is 0.400. The highest BCUT2D eigenvalue weighted by Crippen LogP contribution is 2.37. The van der Waals surface area contributed by atoms with Gasteiger partial charge in [-0.1, -0.05) is 17.7 Å². The van der Waals surface area contributed by atoms with Gasteiger partial charge in [-0.25, -0.2) is 0 Å². The number of methoxy groups -OCH3 is 1. The molecule has 4 nitrogen and oxygen atoms in total. The van der Waals surface area contributed by atoms with Gasteiger partial charge < -0.3 is 20.3 Å². The first-order chi connectivity index (χ1) is 10.1. The molecule has 0 fully saturated rings. The van der Waals surface area contributed by atoms with Crippen LogP contribution in [0.2, 0.25) is 5.02 Å². The number of phenolic OH excluding ortho intramolecular Hbond substituents is 2. The smallest absolute Gasteiger partial charge is 0.157 e. The molecule has 0 aliphatic carbocycles. The second-order valence-electron chi connectivity index (χ2n) is 5.07. The molecule has 0 amide bonds. The van der Waals surface area contributed by atoms with E-state index in [1.54, 1.807) is 19.2 Å². The first-order valence-electron chi connectivity index (χ1n) is 6.71. The number of fused-ring (bicyclic) bond motifs is 1. The van der Waals surface area contributed by atoms with Crippen LogP contribution in [0, 0.1) is 0 Å². The van der Waals surface area contributed by atoms with E-state index >= 15 is 0 Å². The summed E-state index contributed by atoms with van der Waals surface area (Å²) in [4.78, 5) is 0. The Balaban J connectivity index is 2.05. The van der Waals surface area contributed by atoms with Crippen molar-refractivity contribution >= 4 is 11.6 Å². The molecular weight excluding hydrogens is 290 g/mol. The summed E-state index contributed by atoms with van der Waals surface area (Å²) in [5.41, 5.74) is 2.98. The van der Waals surface area contributed by atoms with Crippen LogP contribution in [-0.4, -0.2) is 23.9 Å². The number of hydrogen-bond donors (Lipinski definition) is 3. The van der Waals surface area contributed by atoms with Gasteiger partial charge in [0, 0.05) is 6.54 Å². The zero-order chi connectivity index (χ0) is 15.0. The Kier molecular flexibility index (Phi) is 3.66. The fourth-order valence-electron chi connectivity index (χ4n) is 2.74. The van der Waals surface area contributed by atoms with E-state index in [1.807, 2.05) is 18.2 Å². The van der Waals surface area contributed by atoms with Gasteiger partial charge in [0.2, 0.25) is 0 Å². The Morgan fingerprint density at radius 3 is 2.67 bits per heavy atom. The monoisotopic (exact) mass is 305 g/mol. The molecule has 0 spiro atoms. The number of rotatable bonds is 2. The summed E-state index contributed by atoms with van der Waals surface area (Å²) in [7, 11) is 1.58. The van der Waals surface area contributed by atoms with Gasteiger partial charge in [-0.05, 0) is 47.4 Å². The largest absolute Gasteiger partial charge is 0.504 e. The van der Waals surface area contributed by atoms with Gasteiger partial charge in [-0.15, -0.1) is 0 Å². The van der Waals surface area contributed by atoms with E-state index < -0.39 is 0 Å². The Morgan fingerprint density at radius 2 is 1.95 bits per heavy atom. The number of aromatic hydroxyl groups is 2. The average Bonchev–Trinajstić information content (AvgIpc) is 2.48. The number of phenols is 2. The molecule has 0 bridgehead atoms. The van der Waals surface area contributed by atoms with E-state index in [0.717, 1.165) is 29.7 Å². The minimum Gasteiger partial charge on any atom is -0.504 e. The van der Waals surface area contributed by atoms with Crippen molar-refractivity contribution < 1.29 is 14.9 Å². The number of halogens is 1. The number of benzene rings is 2. The van der Waals surface area contributed by atoms with Crippen LogP contribution in [0.3, 0.4) is 0 Å². The van der Waals surface area contributed by atoms with Crippen molar-refractivity contribution in [2.45, 2.75) is 12.5 Å². The number of ether oxygens (including phenoxy) is 1. The van der Waals surface area contributed by atoms with Gasteiger partial charge in [0.1, 0.15) is 5.75 Å². The van der Waals surface area contributed by atoms with Crippen LogP contribution in [0.4, 0.5) is 0 Å². The zero-order valence-corrected chi connectivity index (χ0v) is 12.3. The standard InChI is InChI=1S/C16H16ClNO3/c1-21-15-3-2-10(6-12(15)17)16-11-8-14(20)13(19)7-9(11)4-5-18-16/h2-3,6-8,16,18-20H,4-5H2,1H3. The lowest BCUT2D eigenvalue weighted by Gasteiger charge is -2.28. The zero-order valence-electron chi connectivity index (χ0n) is 11.6. The van der Waals surface area contributed by atoms with Crippen LogP contribution < -0.4 is 10.1 Å². The van der Waals surface area contributed by atoms with Gasteiger partial charge in [0.25, 0.3) is 0 Å². The van der Waals surface area contributed by atoms with Gasteiger partial charge in [0.05, 0.1) is 18.2 Å². The molecule has 1 unspecified atom stereocenters. The van der Waals surface area contributed by atoms with Crippen molar-refractivity contribution in [1.29, 1.82) is 0 Å². The molecule has 0 saturated carbocycles. The summed E-state index contributed by atoms with van der Waals surface area (Å²) in [6.07, 6.45) is 0.809. The maximum Gasteiger partial charge on any atom is 0.157 e. The maximum atomic E-state index is 9.75. The molecule has 1 atom stereocenters. The third kappa shape index (κ3) is 2.52. The molecule has 2 aromatic carbocycles. The molecule has 1 aliphatic heterocycles. The molecular formula is C16H16ClNO3. The Morgan fingerprint density at radius 1 is 1.19 bits per heavy atom. The summed E-state index contributed by atoms with van der Waals surface area (Å²) in [6.45, 7) is 0.797. The topological polar surface area (TPSA) is 61.7 Å². The van der Waals surface area contributed by atoms with Crippen LogP contribution in [-0.2, 0) is 6.42 Å². The molecule has 21 heavy (non-hydrogen) atoms. The molecule has 3 N–H and O–H groups in total. The average molecular weight is 306 g/mol. The third-order valence-corrected chi connectivity index (χ3v) is 4.09. The van der Waals surface area contributed by atoms with Crippen molar-refractivity contribution in [1.82, 2.24) is 5.32 Å². The molecule has 0 aromatic heterocycles. The number of hydrogen-bond acceptors (Lipinski definition) is 4. The van der Waals surface area contributed by atoms with Gasteiger partial charge in [-0.3, -0.25) is 0 Å². The van der Waals surface area contributed by atoms with E-state index in [1.165, 1.54) is 0 Å². The second-order valence-corrected chi connectivity index (χ2v) is 5.48. The van der Waals surface area contributed by atoms with Gasteiger partial charge in [-0.2, -0.15) is 0 Å². The molecule has 110 valence electrons. The summed E-state index contributed by atoms with van der Waals surface area (Å²) < 4.78 is 5.17. The van der Waals surface area contributed by atoms with Gasteiger partial charge in [0.15, 0.2) is 11.5 Å². The first-order valence-corrected chi connectivity index (χ1v) is 7.09. The quantitative estimate of drug-likeness (QED) is 0.747. The van der Waals surface area contributed by atoms with E-state index in [0.29, 0.717) is 10.8 Å². The minimum absolute atomic E-state index is 0.0661. The molecule has 2 aromatic rings. The Labute approximate surface area is 127 Å². The fourth-order valence-corrected chi connectivity index (χ4v) is 3.01. The summed E-state index contributed by atoms with van der Waals surface area (Å²) in [6, 6.07) is 8.80. The van der Waals surface area contributed by atoms with Crippen molar-refractivity contribution in [2.75, 3.05) is 13.7 Å². The summed E-state index contributed by atoms with van der Waals surface area (Å²) in [5.74, 6) is 0.439. The highest BCUT2D eigenvalue weighted by Gasteiger charge is 2.23. The van der Waals surface area contributed by atoms with Crippen molar-refractivity contribution in [3.8, 4) is 17.2 Å². The van der Waals surface area contributed by atoms with E-state index in [-0.39, 0.29) is 17.5 Å². The normalized spacial score (nSPS) is 17.3. The predicted octanol–water partition coefficient (Wildman–Crippen LogP) is 2.99. The van der Waals surface area contributed by atoms with Crippen molar-refractivity contribution in [2.24, 2.45) is 0 Å². The summed E-state index contributed by atoms with van der Waals surface area (Å²) >= 11 is 6.19. The van der Waals surface area contributed by atoms with Crippen LogP contribution in [0.1, 0.15) is 22.7 Å². The summed E-state index contributed by atoms with van der Waals surface area (Å²) in [5, 5.41) is 23.3. The molecule has 3 rings (SSSR count). The number of nitrogens with one attached hydrogen (secondary N) is 1. The van der Waals surface area contributed by atoms with Crippen LogP contribution >= 0.6 is 11.6 Å². The fraction of sp³-hybridized carbons (Fsp3) is 0.250. The van der Waals surface area contributed by atoms with E-state index in [4.69, 9.17) is 16.3 Å². The van der Waals surface area contributed by atoms with E-state index in [9.17, 15) is 10.2 Å². The van der Waals surface area contributed by atoms with Crippen molar-refractivity contribution in [3.63, 3.8) is 0 Å². The van der Waals surface area contributed by atoms with Gasteiger partial charge >= 0.3 is 0 Å². The minimum atomic E-state index is -0.109. The molecule has 0 saturated heterocycles. The van der Waals surface area contributed by atoms with Crippen LogP contribution in [0.25, 0.3) is 0 Å². The second kappa shape index (κ2) is 5.47. The van der Waals surface area contributed by atoms with Crippen LogP contribution in [0.15, 0.2) is 30.3 Å². The molecule has 5 heteroatoms. The highest BCUT2D eigenvalue weighted by atomic mass is 35.5. The molecule has 1 aliphatic rings. The first kappa shape index (κ1) is 14.0. The van der Waals surface area contributed by atoms with E-state index in [2.05, 4.69) is 5.32 Å².